The van der Waals surface area contributed by atoms with Crippen molar-refractivity contribution in [3.63, 3.8) is 0 Å². The minimum absolute atomic E-state index is 0.224. The summed E-state index contributed by atoms with van der Waals surface area (Å²) in [5, 5.41) is 10.7. The van der Waals surface area contributed by atoms with E-state index in [1.165, 1.54) is 31.2 Å². The van der Waals surface area contributed by atoms with Crippen molar-refractivity contribution in [2.45, 2.75) is 69.8 Å². The van der Waals surface area contributed by atoms with Gasteiger partial charge in [0, 0.05) is 0 Å². The molecule has 1 saturated carbocycles. The van der Waals surface area contributed by atoms with Crippen molar-refractivity contribution in [2.75, 3.05) is 0 Å². The quantitative estimate of drug-likeness (QED) is 0.814. The van der Waals surface area contributed by atoms with E-state index in [1.54, 1.807) is 0 Å². The lowest BCUT2D eigenvalue weighted by molar-refractivity contribution is 0.00101. The normalized spacial score (nSPS) is 19.1. The van der Waals surface area contributed by atoms with Gasteiger partial charge in [0.1, 0.15) is 0 Å². The highest BCUT2D eigenvalue weighted by Gasteiger charge is 2.41. The van der Waals surface area contributed by atoms with E-state index in [0.29, 0.717) is 0 Å². The standard InChI is InChI=1S/C17H26O/c1-3-17(18,4-2)14-16(12-8-9-13-16)15-10-6-5-7-11-15/h5-7,10-11,18H,3-4,8-9,12-14H2,1-2H3. The highest BCUT2D eigenvalue weighted by Crippen LogP contribution is 2.47. The molecule has 0 amide bonds. The van der Waals surface area contributed by atoms with Crippen molar-refractivity contribution >= 4 is 0 Å². The summed E-state index contributed by atoms with van der Waals surface area (Å²) in [7, 11) is 0. The number of hydrogen-bond donors (Lipinski definition) is 1. The summed E-state index contributed by atoms with van der Waals surface area (Å²) in [6.45, 7) is 4.22. The molecule has 0 aliphatic heterocycles. The lowest BCUT2D eigenvalue weighted by Gasteiger charge is -2.38. The molecule has 0 atom stereocenters. The van der Waals surface area contributed by atoms with Crippen molar-refractivity contribution < 1.29 is 5.11 Å². The van der Waals surface area contributed by atoms with Gasteiger partial charge in [0.05, 0.1) is 5.60 Å². The summed E-state index contributed by atoms with van der Waals surface area (Å²) >= 11 is 0. The third kappa shape index (κ3) is 2.61. The maximum absolute atomic E-state index is 10.7. The molecule has 0 heterocycles. The Bertz CT molecular complexity index is 358. The first kappa shape index (κ1) is 13.6. The Kier molecular flexibility index (Phi) is 4.11. The summed E-state index contributed by atoms with van der Waals surface area (Å²) in [5.41, 5.74) is 1.17. The second-order valence-corrected chi connectivity index (χ2v) is 5.96. The molecule has 1 aliphatic carbocycles. The molecule has 1 aromatic carbocycles. The zero-order valence-corrected chi connectivity index (χ0v) is 11.8. The van der Waals surface area contributed by atoms with Crippen LogP contribution in [-0.4, -0.2) is 10.7 Å². The van der Waals surface area contributed by atoms with Crippen molar-refractivity contribution in [3.05, 3.63) is 35.9 Å². The van der Waals surface area contributed by atoms with Gasteiger partial charge in [0.15, 0.2) is 0 Å². The average Bonchev–Trinajstić information content (AvgIpc) is 2.89. The Hall–Kier alpha value is -0.820. The molecule has 1 fully saturated rings. The minimum atomic E-state index is -0.486. The molecule has 1 nitrogen and oxygen atoms in total. The van der Waals surface area contributed by atoms with Crippen molar-refractivity contribution in [2.24, 2.45) is 0 Å². The van der Waals surface area contributed by atoms with Crippen LogP contribution >= 0.6 is 0 Å². The zero-order chi connectivity index (χ0) is 13.1. The Labute approximate surface area is 111 Å². The largest absolute Gasteiger partial charge is 0.390 e. The van der Waals surface area contributed by atoms with E-state index in [-0.39, 0.29) is 5.41 Å². The van der Waals surface area contributed by atoms with Crippen LogP contribution in [0.5, 0.6) is 0 Å². The molecule has 0 bridgehead atoms. The maximum Gasteiger partial charge on any atom is 0.0651 e. The fraction of sp³-hybridized carbons (Fsp3) is 0.647. The molecule has 0 saturated heterocycles. The monoisotopic (exact) mass is 246 g/mol. The van der Waals surface area contributed by atoms with E-state index in [4.69, 9.17) is 0 Å². The Morgan fingerprint density at radius 2 is 1.61 bits per heavy atom. The predicted molar refractivity (Wildman–Crippen MR) is 76.7 cm³/mol. The van der Waals surface area contributed by atoms with Crippen LogP contribution < -0.4 is 0 Å². The van der Waals surface area contributed by atoms with E-state index in [1.807, 2.05) is 0 Å². The van der Waals surface area contributed by atoms with Crippen molar-refractivity contribution in [1.82, 2.24) is 0 Å². The first-order chi connectivity index (χ1) is 8.64. The van der Waals surface area contributed by atoms with E-state index < -0.39 is 5.60 Å². The van der Waals surface area contributed by atoms with Gasteiger partial charge in [-0.15, -0.1) is 0 Å². The van der Waals surface area contributed by atoms with Crippen LogP contribution in [-0.2, 0) is 5.41 Å². The van der Waals surface area contributed by atoms with Gasteiger partial charge in [-0.2, -0.15) is 0 Å². The number of hydrogen-bond acceptors (Lipinski definition) is 1. The Morgan fingerprint density at radius 3 is 2.11 bits per heavy atom. The highest BCUT2D eigenvalue weighted by molar-refractivity contribution is 5.27. The Morgan fingerprint density at radius 1 is 1.06 bits per heavy atom. The van der Waals surface area contributed by atoms with Gasteiger partial charge < -0.3 is 5.11 Å². The van der Waals surface area contributed by atoms with Gasteiger partial charge in [-0.3, -0.25) is 0 Å². The molecule has 0 unspecified atom stereocenters. The Balaban J connectivity index is 2.28. The first-order valence-electron chi connectivity index (χ1n) is 7.42. The van der Waals surface area contributed by atoms with E-state index in [2.05, 4.69) is 44.2 Å². The third-order valence-corrected chi connectivity index (χ3v) is 4.93. The SMILES string of the molecule is CCC(O)(CC)CC1(c2ccccc2)CCCC1. The molecule has 1 heteroatoms. The summed E-state index contributed by atoms with van der Waals surface area (Å²) in [4.78, 5) is 0. The van der Waals surface area contributed by atoms with E-state index >= 15 is 0 Å². The van der Waals surface area contributed by atoms with Crippen LogP contribution in [0.4, 0.5) is 0 Å². The van der Waals surface area contributed by atoms with Gasteiger partial charge >= 0.3 is 0 Å². The van der Waals surface area contributed by atoms with E-state index in [0.717, 1.165) is 19.3 Å². The second-order valence-electron chi connectivity index (χ2n) is 5.96. The molecule has 2 rings (SSSR count). The van der Waals surface area contributed by atoms with Crippen LogP contribution in [0.25, 0.3) is 0 Å². The number of benzene rings is 1. The summed E-state index contributed by atoms with van der Waals surface area (Å²) < 4.78 is 0. The second kappa shape index (κ2) is 5.44. The third-order valence-electron chi connectivity index (χ3n) is 4.93. The van der Waals surface area contributed by atoms with Crippen molar-refractivity contribution in [1.29, 1.82) is 0 Å². The molecule has 1 aromatic rings. The molecule has 1 aliphatic rings. The maximum atomic E-state index is 10.7. The molecular formula is C17H26O. The van der Waals surface area contributed by atoms with Crippen LogP contribution in [0.15, 0.2) is 30.3 Å². The fourth-order valence-electron chi connectivity index (χ4n) is 3.54. The van der Waals surface area contributed by atoms with Crippen LogP contribution in [0, 0.1) is 0 Å². The summed E-state index contributed by atoms with van der Waals surface area (Å²) in [6, 6.07) is 10.8. The lowest BCUT2D eigenvalue weighted by atomic mass is 9.70. The first-order valence-corrected chi connectivity index (χ1v) is 7.42. The zero-order valence-electron chi connectivity index (χ0n) is 11.8. The molecule has 0 spiro atoms. The molecule has 0 aromatic heterocycles. The van der Waals surface area contributed by atoms with Gasteiger partial charge in [-0.25, -0.2) is 0 Å². The van der Waals surface area contributed by atoms with Crippen LogP contribution in [0.2, 0.25) is 0 Å². The van der Waals surface area contributed by atoms with Gasteiger partial charge in [-0.1, -0.05) is 57.0 Å². The molecule has 0 radical (unpaired) electrons. The number of rotatable bonds is 5. The van der Waals surface area contributed by atoms with Gasteiger partial charge in [-0.05, 0) is 43.1 Å². The highest BCUT2D eigenvalue weighted by atomic mass is 16.3. The minimum Gasteiger partial charge on any atom is -0.390 e. The number of aliphatic hydroxyl groups is 1. The van der Waals surface area contributed by atoms with Gasteiger partial charge in [0.2, 0.25) is 0 Å². The molecular weight excluding hydrogens is 220 g/mol. The molecule has 1 N–H and O–H groups in total. The summed E-state index contributed by atoms with van der Waals surface area (Å²) in [5.74, 6) is 0. The molecule has 18 heavy (non-hydrogen) atoms. The van der Waals surface area contributed by atoms with Crippen LogP contribution in [0.3, 0.4) is 0 Å². The summed E-state index contributed by atoms with van der Waals surface area (Å²) in [6.07, 6.45) is 7.72. The predicted octanol–water partition coefficient (Wildman–Crippen LogP) is 4.44. The van der Waals surface area contributed by atoms with E-state index in [9.17, 15) is 5.11 Å². The fourth-order valence-corrected chi connectivity index (χ4v) is 3.54. The average molecular weight is 246 g/mol. The van der Waals surface area contributed by atoms with Crippen molar-refractivity contribution in [3.8, 4) is 0 Å². The topological polar surface area (TPSA) is 20.2 Å². The van der Waals surface area contributed by atoms with Crippen LogP contribution in [0.1, 0.15) is 64.4 Å². The molecule has 100 valence electrons. The van der Waals surface area contributed by atoms with Gasteiger partial charge in [0.25, 0.3) is 0 Å². The smallest absolute Gasteiger partial charge is 0.0651 e. The lowest BCUT2D eigenvalue weighted by Crippen LogP contribution is -2.37.